The van der Waals surface area contributed by atoms with Gasteiger partial charge >= 0.3 is 0 Å². The second-order valence-corrected chi connectivity index (χ2v) is 4.80. The maximum Gasteiger partial charge on any atom is 0.123 e. The van der Waals surface area contributed by atoms with E-state index >= 15 is 0 Å². The molecule has 2 rings (SSSR count). The van der Waals surface area contributed by atoms with E-state index in [0.29, 0.717) is 0 Å². The van der Waals surface area contributed by atoms with Crippen LogP contribution < -0.4 is 10.1 Å². The van der Waals surface area contributed by atoms with Gasteiger partial charge in [-0.3, -0.25) is 4.90 Å². The topological polar surface area (TPSA) is 33.7 Å². The summed E-state index contributed by atoms with van der Waals surface area (Å²) in [6, 6.07) is 8.16. The molecule has 0 saturated carbocycles. The minimum atomic E-state index is 0. The first-order valence-electron chi connectivity index (χ1n) is 7.03. The lowest BCUT2D eigenvalue weighted by atomic mass is 10.2. The molecule has 0 aliphatic carbocycles. The van der Waals surface area contributed by atoms with Crippen molar-refractivity contribution in [2.45, 2.75) is 13.0 Å². The molecule has 0 unspecified atom stereocenters. The number of nitrogens with one attached hydrogen (secondary N) is 1. The van der Waals surface area contributed by atoms with Crippen molar-refractivity contribution in [2.24, 2.45) is 0 Å². The van der Waals surface area contributed by atoms with Crippen LogP contribution in [0.5, 0.6) is 5.75 Å². The lowest BCUT2D eigenvalue weighted by molar-refractivity contribution is 0.0374. The van der Waals surface area contributed by atoms with Crippen molar-refractivity contribution in [3.8, 4) is 5.75 Å². The number of hydrogen-bond acceptors (Lipinski definition) is 4. The minimum Gasteiger partial charge on any atom is -0.496 e. The largest absolute Gasteiger partial charge is 0.496 e. The van der Waals surface area contributed by atoms with E-state index in [-0.39, 0.29) is 24.8 Å². The predicted octanol–water partition coefficient (Wildman–Crippen LogP) is 2.35. The molecule has 21 heavy (non-hydrogen) atoms. The van der Waals surface area contributed by atoms with Crippen LogP contribution in [0.1, 0.15) is 12.0 Å². The van der Waals surface area contributed by atoms with E-state index in [1.807, 2.05) is 18.2 Å². The van der Waals surface area contributed by atoms with Gasteiger partial charge in [0.1, 0.15) is 5.75 Å². The molecule has 0 radical (unpaired) electrons. The predicted molar refractivity (Wildman–Crippen MR) is 91.1 cm³/mol. The minimum absolute atomic E-state index is 0. The summed E-state index contributed by atoms with van der Waals surface area (Å²) in [7, 11) is 1.72. The quantitative estimate of drug-likeness (QED) is 0.775. The Bertz CT molecular complexity index is 374. The SMILES string of the molecule is COc1ccccc1CNCCCN1CCOCC1.Cl.Cl. The lowest BCUT2D eigenvalue weighted by Gasteiger charge is -2.26. The number of methoxy groups -OCH3 is 1. The molecule has 0 spiro atoms. The highest BCUT2D eigenvalue weighted by atomic mass is 35.5. The lowest BCUT2D eigenvalue weighted by Crippen LogP contribution is -2.37. The zero-order chi connectivity index (χ0) is 13.3. The number of para-hydroxylation sites is 1. The number of halogens is 2. The summed E-state index contributed by atoms with van der Waals surface area (Å²) in [6.07, 6.45) is 1.18. The molecule has 1 N–H and O–H groups in total. The normalized spacial score (nSPS) is 14.9. The smallest absolute Gasteiger partial charge is 0.123 e. The van der Waals surface area contributed by atoms with Crippen LogP contribution in [-0.2, 0) is 11.3 Å². The number of morpholine rings is 1. The summed E-state index contributed by atoms with van der Waals surface area (Å²) < 4.78 is 10.7. The molecular formula is C15H26Cl2N2O2. The van der Waals surface area contributed by atoms with Crippen molar-refractivity contribution in [1.82, 2.24) is 10.2 Å². The molecule has 1 saturated heterocycles. The Morgan fingerprint density at radius 3 is 2.62 bits per heavy atom. The molecule has 0 bridgehead atoms. The van der Waals surface area contributed by atoms with Gasteiger partial charge in [-0.1, -0.05) is 18.2 Å². The van der Waals surface area contributed by atoms with Crippen molar-refractivity contribution in [3.63, 3.8) is 0 Å². The number of ether oxygens (including phenoxy) is 2. The van der Waals surface area contributed by atoms with E-state index in [1.54, 1.807) is 7.11 Å². The van der Waals surface area contributed by atoms with Gasteiger partial charge in [-0.2, -0.15) is 0 Å². The standard InChI is InChI=1S/C15H24N2O2.2ClH/c1-18-15-6-3-2-5-14(15)13-16-7-4-8-17-9-11-19-12-10-17;;/h2-3,5-6,16H,4,7-13H2,1H3;2*1H. The first kappa shape index (κ1) is 20.5. The average Bonchev–Trinajstić information content (AvgIpc) is 2.48. The van der Waals surface area contributed by atoms with Crippen molar-refractivity contribution in [3.05, 3.63) is 29.8 Å². The molecule has 0 amide bonds. The second kappa shape index (κ2) is 12.1. The molecule has 6 heteroatoms. The fourth-order valence-corrected chi connectivity index (χ4v) is 2.32. The van der Waals surface area contributed by atoms with Crippen LogP contribution in [0.25, 0.3) is 0 Å². The Morgan fingerprint density at radius 1 is 1.19 bits per heavy atom. The van der Waals surface area contributed by atoms with Crippen molar-refractivity contribution in [1.29, 1.82) is 0 Å². The zero-order valence-corrected chi connectivity index (χ0v) is 14.2. The second-order valence-electron chi connectivity index (χ2n) is 4.80. The van der Waals surface area contributed by atoms with E-state index in [9.17, 15) is 0 Å². The van der Waals surface area contributed by atoms with Gasteiger partial charge in [0.25, 0.3) is 0 Å². The third-order valence-corrected chi connectivity index (χ3v) is 3.44. The molecule has 122 valence electrons. The summed E-state index contributed by atoms with van der Waals surface area (Å²) in [4.78, 5) is 2.47. The molecule has 4 nitrogen and oxygen atoms in total. The Balaban J connectivity index is 0.00000200. The van der Waals surface area contributed by atoms with Crippen LogP contribution in [0.15, 0.2) is 24.3 Å². The van der Waals surface area contributed by atoms with Crippen LogP contribution >= 0.6 is 24.8 Å². The van der Waals surface area contributed by atoms with Gasteiger partial charge in [0.15, 0.2) is 0 Å². The first-order chi connectivity index (χ1) is 9.40. The van der Waals surface area contributed by atoms with E-state index in [0.717, 1.165) is 51.7 Å². The molecule has 1 aliphatic heterocycles. The third kappa shape index (κ3) is 7.34. The summed E-state index contributed by atoms with van der Waals surface area (Å²) in [6.45, 7) is 6.98. The molecule has 1 aliphatic rings. The molecule has 0 atom stereocenters. The van der Waals surface area contributed by atoms with Crippen LogP contribution in [0.3, 0.4) is 0 Å². The Labute approximate surface area is 140 Å². The number of benzene rings is 1. The summed E-state index contributed by atoms with van der Waals surface area (Å²) in [5.74, 6) is 0.961. The Kier molecular flexibility index (Phi) is 11.8. The van der Waals surface area contributed by atoms with Gasteiger partial charge in [0.2, 0.25) is 0 Å². The van der Waals surface area contributed by atoms with E-state index in [4.69, 9.17) is 9.47 Å². The summed E-state index contributed by atoms with van der Waals surface area (Å²) in [5.41, 5.74) is 1.22. The molecular weight excluding hydrogens is 311 g/mol. The van der Waals surface area contributed by atoms with Crippen molar-refractivity contribution >= 4 is 24.8 Å². The van der Waals surface area contributed by atoms with E-state index < -0.39 is 0 Å². The van der Waals surface area contributed by atoms with Crippen LogP contribution in [-0.4, -0.2) is 51.4 Å². The van der Waals surface area contributed by atoms with Gasteiger partial charge in [0, 0.05) is 25.2 Å². The highest BCUT2D eigenvalue weighted by Gasteiger charge is 2.09. The van der Waals surface area contributed by atoms with Crippen LogP contribution in [0, 0.1) is 0 Å². The Hall–Kier alpha value is -0.520. The third-order valence-electron chi connectivity index (χ3n) is 3.44. The van der Waals surface area contributed by atoms with Crippen molar-refractivity contribution < 1.29 is 9.47 Å². The molecule has 1 aromatic rings. The van der Waals surface area contributed by atoms with Gasteiger partial charge in [-0.25, -0.2) is 0 Å². The molecule has 0 aromatic heterocycles. The van der Waals surface area contributed by atoms with Crippen LogP contribution in [0.4, 0.5) is 0 Å². The average molecular weight is 337 g/mol. The molecule has 1 fully saturated rings. The fourth-order valence-electron chi connectivity index (χ4n) is 2.32. The van der Waals surface area contributed by atoms with Gasteiger partial charge in [-0.05, 0) is 25.6 Å². The first-order valence-corrected chi connectivity index (χ1v) is 7.03. The highest BCUT2D eigenvalue weighted by Crippen LogP contribution is 2.16. The zero-order valence-electron chi connectivity index (χ0n) is 12.5. The Morgan fingerprint density at radius 2 is 1.90 bits per heavy atom. The monoisotopic (exact) mass is 336 g/mol. The van der Waals surface area contributed by atoms with Crippen molar-refractivity contribution in [2.75, 3.05) is 46.5 Å². The van der Waals surface area contributed by atoms with E-state index in [2.05, 4.69) is 16.3 Å². The summed E-state index contributed by atoms with van der Waals surface area (Å²) >= 11 is 0. The van der Waals surface area contributed by atoms with Gasteiger partial charge in [0.05, 0.1) is 20.3 Å². The number of rotatable bonds is 7. The van der Waals surface area contributed by atoms with Gasteiger partial charge < -0.3 is 14.8 Å². The maximum atomic E-state index is 5.34. The number of hydrogen-bond donors (Lipinski definition) is 1. The summed E-state index contributed by atoms with van der Waals surface area (Å²) in [5, 5.41) is 3.48. The number of nitrogens with zero attached hydrogens (tertiary/aromatic N) is 1. The van der Waals surface area contributed by atoms with Crippen LogP contribution in [0.2, 0.25) is 0 Å². The highest BCUT2D eigenvalue weighted by molar-refractivity contribution is 5.85. The molecule has 1 aromatic carbocycles. The van der Waals surface area contributed by atoms with E-state index in [1.165, 1.54) is 12.0 Å². The van der Waals surface area contributed by atoms with Gasteiger partial charge in [-0.15, -0.1) is 24.8 Å². The fraction of sp³-hybridized carbons (Fsp3) is 0.600. The maximum absolute atomic E-state index is 5.34. The molecule has 1 heterocycles.